The van der Waals surface area contributed by atoms with Crippen LogP contribution in [-0.4, -0.2) is 3.21 Å². The van der Waals surface area contributed by atoms with Crippen LogP contribution in [0.4, 0.5) is 0 Å². The van der Waals surface area contributed by atoms with Crippen LogP contribution in [-0.2, 0) is 21.3 Å². The van der Waals surface area contributed by atoms with Gasteiger partial charge in [-0.25, -0.2) is 0 Å². The van der Waals surface area contributed by atoms with E-state index >= 15 is 0 Å². The first-order valence-corrected chi connectivity index (χ1v) is 20.6. The van der Waals surface area contributed by atoms with Gasteiger partial charge in [-0.15, -0.1) is 0 Å². The molecule has 1 atom stereocenters. The first kappa shape index (κ1) is 36.5. The van der Waals surface area contributed by atoms with Gasteiger partial charge in [-0.2, -0.15) is 0 Å². The average Bonchev–Trinajstić information content (AvgIpc) is 3.56. The minimum Gasteiger partial charge on any atom is -1.00 e. The molecule has 0 nitrogen and oxygen atoms in total. The topological polar surface area (TPSA) is 0 Å². The van der Waals surface area contributed by atoms with Crippen molar-refractivity contribution in [2.45, 2.75) is 59.0 Å². The van der Waals surface area contributed by atoms with E-state index in [4.69, 9.17) is 0 Å². The van der Waals surface area contributed by atoms with Crippen LogP contribution in [0.2, 0.25) is 0 Å². The Bertz CT molecular complexity index is 1670. The van der Waals surface area contributed by atoms with Gasteiger partial charge in [-0.05, 0) is 0 Å². The molecule has 1 unspecified atom stereocenters. The molecule has 0 fully saturated rings. The number of benzene rings is 4. The van der Waals surface area contributed by atoms with Crippen LogP contribution in [0.15, 0.2) is 129 Å². The third-order valence-corrected chi connectivity index (χ3v) is 18.3. The summed E-state index contributed by atoms with van der Waals surface area (Å²) < 4.78 is 3.94. The predicted molar refractivity (Wildman–Crippen MR) is 187 cm³/mol. The van der Waals surface area contributed by atoms with Gasteiger partial charge in [0.05, 0.1) is 0 Å². The van der Waals surface area contributed by atoms with Crippen molar-refractivity contribution in [1.29, 1.82) is 0 Å². The molecule has 46 heavy (non-hydrogen) atoms. The van der Waals surface area contributed by atoms with E-state index < -0.39 is 21.3 Å². The Labute approximate surface area is 298 Å². The van der Waals surface area contributed by atoms with Crippen LogP contribution in [0, 0.1) is 29.6 Å². The Morgan fingerprint density at radius 2 is 0.913 bits per heavy atom. The molecular weight excluding hydrogens is 679 g/mol. The van der Waals surface area contributed by atoms with Gasteiger partial charge < -0.3 is 24.8 Å². The van der Waals surface area contributed by atoms with E-state index in [1.165, 1.54) is 22.3 Å². The zero-order chi connectivity index (χ0) is 31.1. The van der Waals surface area contributed by atoms with E-state index in [1.807, 2.05) is 3.28 Å². The van der Waals surface area contributed by atoms with Crippen LogP contribution >= 0.6 is 0 Å². The first-order chi connectivity index (χ1) is 21.2. The number of rotatable bonds is 8. The molecule has 4 aromatic rings. The third kappa shape index (κ3) is 6.42. The minimum absolute atomic E-state index is 0. The van der Waals surface area contributed by atoms with Crippen LogP contribution in [0.1, 0.15) is 81.3 Å². The average molecular weight is 727 g/mol. The molecular formula is C43H48Cl2Zr. The standard InChI is InChI=1S/C17H29.C13H9.C13H10.2ClH.Zr/c1-10(2)14-9-15(11(3)4)17(13(7)8)16(14)12(5)6;1-3-7-12-10(5-1)9-11-6-2-4-8-13(11)12;1-3-7-12(8-4-1)11-13-9-5-2-6-10-13;;;/h10-14H,1-8H3;1-9H;1-10H;2*1H;/q;;;;;+2/p-2. The van der Waals surface area contributed by atoms with E-state index in [9.17, 15) is 0 Å². The Hall–Kier alpha value is -2.31. The molecule has 3 heteroatoms. The van der Waals surface area contributed by atoms with Crippen molar-refractivity contribution in [2.24, 2.45) is 29.6 Å². The minimum atomic E-state index is -2.93. The Morgan fingerprint density at radius 3 is 1.30 bits per heavy atom. The molecule has 4 aromatic carbocycles. The molecule has 0 aliphatic heterocycles. The summed E-state index contributed by atoms with van der Waals surface area (Å²) >= 11 is -2.93. The number of halogens is 2. The number of fused-ring (bicyclic) bond motifs is 3. The van der Waals surface area contributed by atoms with Gasteiger partial charge in [0.1, 0.15) is 0 Å². The summed E-state index contributed by atoms with van der Waals surface area (Å²) in [6.07, 6.45) is 0. The van der Waals surface area contributed by atoms with Crippen molar-refractivity contribution in [3.8, 4) is 11.1 Å². The first-order valence-electron chi connectivity index (χ1n) is 16.7. The summed E-state index contributed by atoms with van der Waals surface area (Å²) in [6.45, 7) is 19.7. The predicted octanol–water partition coefficient (Wildman–Crippen LogP) is 5.46. The van der Waals surface area contributed by atoms with E-state index in [0.717, 1.165) is 0 Å². The summed E-state index contributed by atoms with van der Waals surface area (Å²) in [5, 5.41) is 0. The molecule has 0 aromatic heterocycles. The molecule has 0 radical (unpaired) electrons. The van der Waals surface area contributed by atoms with Gasteiger partial charge in [0.15, 0.2) is 0 Å². The summed E-state index contributed by atoms with van der Waals surface area (Å²) in [4.78, 5) is 0. The molecule has 0 amide bonds. The molecule has 0 N–H and O–H groups in total. The molecule has 2 aliphatic carbocycles. The number of hydrogen-bond acceptors (Lipinski definition) is 0. The van der Waals surface area contributed by atoms with Crippen LogP contribution in [0.3, 0.4) is 0 Å². The summed E-state index contributed by atoms with van der Waals surface area (Å²) in [6, 6.07) is 41.6. The van der Waals surface area contributed by atoms with Crippen molar-refractivity contribution in [3.05, 3.63) is 151 Å². The molecule has 0 saturated heterocycles. The van der Waals surface area contributed by atoms with Crippen molar-refractivity contribution < 1.29 is 46.1 Å². The molecule has 6 rings (SSSR count). The van der Waals surface area contributed by atoms with Crippen LogP contribution in [0.5, 0.6) is 0 Å². The largest absolute Gasteiger partial charge is 1.00 e. The van der Waals surface area contributed by atoms with E-state index in [-0.39, 0.29) is 24.8 Å². The Balaban J connectivity index is 0.00000240. The van der Waals surface area contributed by atoms with Gasteiger partial charge in [0, 0.05) is 0 Å². The fourth-order valence-corrected chi connectivity index (χ4v) is 19.4. The maximum atomic E-state index is 2.50. The quantitative estimate of drug-likeness (QED) is 0.227. The molecule has 238 valence electrons. The SMILES string of the molecule is CC(C)C1=C(C(C)C)C(C(C)C)[C]([Zr+2](=[C](c2ccccc2)c2ccccc2)[CH]2c3ccccc3-c3ccccc32)=C1C(C)C.[Cl-].[Cl-]. The van der Waals surface area contributed by atoms with Crippen molar-refractivity contribution >= 4 is 3.21 Å². The van der Waals surface area contributed by atoms with Gasteiger partial charge >= 0.3 is 276 Å². The van der Waals surface area contributed by atoms with Gasteiger partial charge in [-0.3, -0.25) is 0 Å². The smallest absolute Gasteiger partial charge is 1.00 e. The summed E-state index contributed by atoms with van der Waals surface area (Å²) in [5.74, 6) is 2.54. The maximum absolute atomic E-state index is 2.93. The van der Waals surface area contributed by atoms with Crippen molar-refractivity contribution in [2.75, 3.05) is 0 Å². The Morgan fingerprint density at radius 1 is 0.500 bits per heavy atom. The second-order valence-corrected chi connectivity index (χ2v) is 20.0. The zero-order valence-corrected chi connectivity index (χ0v) is 32.6. The van der Waals surface area contributed by atoms with Gasteiger partial charge in [0.2, 0.25) is 0 Å². The fourth-order valence-electron chi connectivity index (χ4n) is 8.32. The molecule has 0 saturated carbocycles. The van der Waals surface area contributed by atoms with E-state index in [0.29, 0.717) is 33.2 Å². The third-order valence-electron chi connectivity index (χ3n) is 9.79. The summed E-state index contributed by atoms with van der Waals surface area (Å²) in [5.41, 5.74) is 13.9. The second-order valence-electron chi connectivity index (χ2n) is 14.0. The Kier molecular flexibility index (Phi) is 12.1. The van der Waals surface area contributed by atoms with E-state index in [1.54, 1.807) is 31.1 Å². The summed E-state index contributed by atoms with van der Waals surface area (Å²) in [7, 11) is 0. The molecule has 0 bridgehead atoms. The second kappa shape index (κ2) is 15.3. The van der Waals surface area contributed by atoms with Gasteiger partial charge in [0.25, 0.3) is 0 Å². The maximum Gasteiger partial charge on any atom is -1.00 e. The monoisotopic (exact) mass is 724 g/mol. The van der Waals surface area contributed by atoms with Crippen LogP contribution < -0.4 is 24.8 Å². The van der Waals surface area contributed by atoms with Crippen molar-refractivity contribution in [3.63, 3.8) is 0 Å². The molecule has 0 spiro atoms. The number of hydrogen-bond donors (Lipinski definition) is 0. The normalized spacial score (nSPS) is 15.6. The zero-order valence-electron chi connectivity index (χ0n) is 28.6. The van der Waals surface area contributed by atoms with Crippen molar-refractivity contribution in [1.82, 2.24) is 0 Å². The molecule has 2 aliphatic rings. The van der Waals surface area contributed by atoms with Gasteiger partial charge in [-0.1, -0.05) is 0 Å². The van der Waals surface area contributed by atoms with Crippen LogP contribution in [0.25, 0.3) is 11.1 Å². The fraction of sp³-hybridized carbons (Fsp3) is 0.326. The van der Waals surface area contributed by atoms with E-state index in [2.05, 4.69) is 165 Å². The molecule has 0 heterocycles. The number of allylic oxidation sites excluding steroid dienone is 4.